The number of carbonyl (C=O) groups is 1. The van der Waals surface area contributed by atoms with E-state index in [-0.39, 0.29) is 12.2 Å². The molecule has 0 saturated heterocycles. The van der Waals surface area contributed by atoms with Crippen molar-refractivity contribution in [2.45, 2.75) is 12.7 Å². The summed E-state index contributed by atoms with van der Waals surface area (Å²) in [6, 6.07) is 2.75. The van der Waals surface area contributed by atoms with Crippen LogP contribution in [0.3, 0.4) is 0 Å². The molecule has 1 heterocycles. The van der Waals surface area contributed by atoms with Crippen molar-refractivity contribution in [2.75, 3.05) is 5.32 Å². The molecule has 20 heavy (non-hydrogen) atoms. The zero-order valence-electron chi connectivity index (χ0n) is 9.81. The van der Waals surface area contributed by atoms with Crippen LogP contribution in [-0.2, 0) is 12.7 Å². The molecule has 0 spiro atoms. The Kier molecular flexibility index (Phi) is 3.59. The van der Waals surface area contributed by atoms with Gasteiger partial charge in [-0.05, 0) is 18.2 Å². The predicted octanol–water partition coefficient (Wildman–Crippen LogP) is 2.40. The van der Waals surface area contributed by atoms with E-state index in [1.165, 1.54) is 0 Å². The second-order valence-electron chi connectivity index (χ2n) is 3.76. The molecule has 6 nitrogen and oxygen atoms in total. The highest BCUT2D eigenvalue weighted by Crippen LogP contribution is 2.33. The molecule has 0 aliphatic carbocycles. The summed E-state index contributed by atoms with van der Waals surface area (Å²) in [4.78, 5) is 14.6. The zero-order valence-corrected chi connectivity index (χ0v) is 9.81. The minimum absolute atomic E-state index is 0.0981. The number of aromatic nitrogens is 2. The quantitative estimate of drug-likeness (QED) is 0.897. The van der Waals surface area contributed by atoms with Crippen molar-refractivity contribution in [1.29, 1.82) is 0 Å². The second-order valence-corrected chi connectivity index (χ2v) is 3.76. The Bertz CT molecular complexity index is 611. The summed E-state index contributed by atoms with van der Waals surface area (Å²) >= 11 is 0. The van der Waals surface area contributed by atoms with E-state index in [1.807, 2.05) is 0 Å². The van der Waals surface area contributed by atoms with Gasteiger partial charge in [-0.15, -0.1) is 0 Å². The van der Waals surface area contributed by atoms with Gasteiger partial charge in [0.25, 0.3) is 0 Å². The van der Waals surface area contributed by atoms with Crippen molar-refractivity contribution >= 4 is 11.7 Å². The molecular formula is C11H8F3N3O3. The molecule has 2 aromatic rings. The van der Waals surface area contributed by atoms with Crippen molar-refractivity contribution in [2.24, 2.45) is 0 Å². The largest absolute Gasteiger partial charge is 0.478 e. The van der Waals surface area contributed by atoms with Gasteiger partial charge in [-0.25, -0.2) is 4.79 Å². The molecule has 1 aromatic heterocycles. The minimum atomic E-state index is -4.72. The molecule has 2 N–H and O–H groups in total. The number of nitrogens with zero attached hydrogens (tertiary/aromatic N) is 2. The van der Waals surface area contributed by atoms with Gasteiger partial charge in [-0.1, -0.05) is 5.16 Å². The lowest BCUT2D eigenvalue weighted by atomic mass is 10.1. The van der Waals surface area contributed by atoms with Gasteiger partial charge in [-0.2, -0.15) is 18.2 Å². The summed E-state index contributed by atoms with van der Waals surface area (Å²) in [7, 11) is 0. The summed E-state index contributed by atoms with van der Waals surface area (Å²) in [5.41, 5.74) is -1.81. The van der Waals surface area contributed by atoms with Gasteiger partial charge in [0.15, 0.2) is 5.82 Å². The van der Waals surface area contributed by atoms with Crippen LogP contribution in [0.25, 0.3) is 0 Å². The first kappa shape index (κ1) is 13.8. The Labute approximate surface area is 110 Å². The SMILES string of the molecule is O=C(O)c1cc(NCc2ncon2)ccc1C(F)(F)F. The van der Waals surface area contributed by atoms with Crippen LogP contribution in [0.4, 0.5) is 18.9 Å². The van der Waals surface area contributed by atoms with Gasteiger partial charge < -0.3 is 14.9 Å². The van der Waals surface area contributed by atoms with Crippen molar-refractivity contribution in [3.63, 3.8) is 0 Å². The second kappa shape index (κ2) is 5.19. The maximum atomic E-state index is 12.6. The molecular weight excluding hydrogens is 279 g/mol. The van der Waals surface area contributed by atoms with Crippen LogP contribution in [0.1, 0.15) is 21.7 Å². The highest BCUT2D eigenvalue weighted by Gasteiger charge is 2.35. The lowest BCUT2D eigenvalue weighted by Crippen LogP contribution is -2.13. The van der Waals surface area contributed by atoms with Crippen molar-refractivity contribution in [3.8, 4) is 0 Å². The fraction of sp³-hybridized carbons (Fsp3) is 0.182. The van der Waals surface area contributed by atoms with Gasteiger partial charge >= 0.3 is 12.1 Å². The molecule has 0 amide bonds. The van der Waals surface area contributed by atoms with Gasteiger partial charge in [-0.3, -0.25) is 0 Å². The Balaban J connectivity index is 2.24. The van der Waals surface area contributed by atoms with Crippen LogP contribution < -0.4 is 5.32 Å². The Morgan fingerprint density at radius 1 is 1.40 bits per heavy atom. The van der Waals surface area contributed by atoms with E-state index in [0.29, 0.717) is 11.9 Å². The highest BCUT2D eigenvalue weighted by atomic mass is 19.4. The number of aromatic carboxylic acids is 1. The van der Waals surface area contributed by atoms with Crippen molar-refractivity contribution in [1.82, 2.24) is 10.1 Å². The number of hydrogen-bond donors (Lipinski definition) is 2. The Morgan fingerprint density at radius 3 is 2.70 bits per heavy atom. The third-order valence-corrected chi connectivity index (χ3v) is 2.41. The number of anilines is 1. The Hall–Kier alpha value is -2.58. The average Bonchev–Trinajstić information content (AvgIpc) is 2.88. The minimum Gasteiger partial charge on any atom is -0.478 e. The molecule has 0 atom stereocenters. The monoisotopic (exact) mass is 287 g/mol. The van der Waals surface area contributed by atoms with E-state index in [1.54, 1.807) is 0 Å². The molecule has 9 heteroatoms. The number of carboxylic acid groups (broad SMARTS) is 1. The summed E-state index contributed by atoms with van der Waals surface area (Å²) in [6.45, 7) is 0.0981. The number of benzene rings is 1. The molecule has 0 unspecified atom stereocenters. The van der Waals surface area contributed by atoms with Crippen LogP contribution in [-0.4, -0.2) is 21.2 Å². The van der Waals surface area contributed by atoms with Crippen LogP contribution >= 0.6 is 0 Å². The molecule has 2 rings (SSSR count). The topological polar surface area (TPSA) is 88.2 Å². The van der Waals surface area contributed by atoms with E-state index >= 15 is 0 Å². The van der Waals surface area contributed by atoms with Gasteiger partial charge in [0.2, 0.25) is 6.39 Å². The lowest BCUT2D eigenvalue weighted by Gasteiger charge is -2.12. The maximum Gasteiger partial charge on any atom is 0.417 e. The fourth-order valence-electron chi connectivity index (χ4n) is 1.53. The van der Waals surface area contributed by atoms with E-state index in [0.717, 1.165) is 18.5 Å². The van der Waals surface area contributed by atoms with Gasteiger partial charge in [0.1, 0.15) is 0 Å². The van der Waals surface area contributed by atoms with Crippen molar-refractivity contribution < 1.29 is 27.6 Å². The smallest absolute Gasteiger partial charge is 0.417 e. The highest BCUT2D eigenvalue weighted by molar-refractivity contribution is 5.91. The summed E-state index contributed by atoms with van der Waals surface area (Å²) in [5, 5.41) is 15.0. The normalized spacial score (nSPS) is 11.3. The third kappa shape index (κ3) is 3.05. The summed E-state index contributed by atoms with van der Waals surface area (Å²) in [6.07, 6.45) is -3.62. The molecule has 0 saturated carbocycles. The zero-order chi connectivity index (χ0) is 14.8. The summed E-state index contributed by atoms with van der Waals surface area (Å²) < 4.78 is 42.4. The average molecular weight is 287 g/mol. The number of carboxylic acids is 1. The molecule has 1 aromatic carbocycles. The molecule has 106 valence electrons. The first-order chi connectivity index (χ1) is 9.38. The van der Waals surface area contributed by atoms with Crippen LogP contribution in [0.15, 0.2) is 29.1 Å². The first-order valence-electron chi connectivity index (χ1n) is 5.31. The lowest BCUT2D eigenvalue weighted by molar-refractivity contribution is -0.138. The number of halogens is 3. The van der Waals surface area contributed by atoms with Gasteiger partial charge in [0, 0.05) is 5.69 Å². The van der Waals surface area contributed by atoms with E-state index in [9.17, 15) is 18.0 Å². The fourth-order valence-corrected chi connectivity index (χ4v) is 1.53. The molecule has 0 bridgehead atoms. The van der Waals surface area contributed by atoms with Crippen molar-refractivity contribution in [3.05, 3.63) is 41.5 Å². The summed E-state index contributed by atoms with van der Waals surface area (Å²) in [5.74, 6) is -1.36. The number of rotatable bonds is 4. The molecule has 0 fully saturated rings. The number of nitrogens with one attached hydrogen (secondary N) is 1. The van der Waals surface area contributed by atoms with Gasteiger partial charge in [0.05, 0.1) is 17.7 Å². The van der Waals surface area contributed by atoms with Crippen LogP contribution in [0, 0.1) is 0 Å². The Morgan fingerprint density at radius 2 is 2.15 bits per heavy atom. The van der Waals surface area contributed by atoms with E-state index < -0.39 is 23.3 Å². The first-order valence-corrected chi connectivity index (χ1v) is 5.31. The predicted molar refractivity (Wildman–Crippen MR) is 60.0 cm³/mol. The van der Waals surface area contributed by atoms with E-state index in [4.69, 9.17) is 5.11 Å². The third-order valence-electron chi connectivity index (χ3n) is 2.41. The van der Waals surface area contributed by atoms with E-state index in [2.05, 4.69) is 20.0 Å². The number of alkyl halides is 3. The molecule has 0 aliphatic heterocycles. The molecule has 0 aliphatic rings. The van der Waals surface area contributed by atoms with Crippen LogP contribution in [0.5, 0.6) is 0 Å². The standard InChI is InChI=1S/C11H8F3N3O3/c12-11(13,14)8-2-1-6(3-7(8)10(18)19)15-4-9-16-5-20-17-9/h1-3,5,15H,4H2,(H,18,19). The van der Waals surface area contributed by atoms with Crippen LogP contribution in [0.2, 0.25) is 0 Å². The maximum absolute atomic E-state index is 12.6. The molecule has 0 radical (unpaired) electrons. The number of hydrogen-bond acceptors (Lipinski definition) is 5.